The number of hydrogen-bond acceptors (Lipinski definition) is 2. The van der Waals surface area contributed by atoms with Gasteiger partial charge in [-0.25, -0.2) is 0 Å². The van der Waals surface area contributed by atoms with Crippen molar-refractivity contribution >= 4 is 6.21 Å². The first-order chi connectivity index (χ1) is 9.25. The molecule has 0 unspecified atom stereocenters. The first-order valence-electron chi connectivity index (χ1n) is 6.65. The molecule has 0 spiro atoms. The Labute approximate surface area is 115 Å². The third kappa shape index (κ3) is 4.25. The monoisotopic (exact) mass is 252 g/mol. The second-order valence-corrected chi connectivity index (χ2v) is 4.90. The third-order valence-electron chi connectivity index (χ3n) is 3.03. The molecule has 0 fully saturated rings. The minimum Gasteiger partial charge on any atom is -0.306 e. The van der Waals surface area contributed by atoms with Gasteiger partial charge in [0.1, 0.15) is 0 Å². The molecule has 0 saturated heterocycles. The quantitative estimate of drug-likeness (QED) is 0.632. The zero-order valence-corrected chi connectivity index (χ0v) is 11.5. The zero-order valence-electron chi connectivity index (χ0n) is 11.5. The highest BCUT2D eigenvalue weighted by Crippen LogP contribution is 2.13. The van der Waals surface area contributed by atoms with Crippen molar-refractivity contribution in [3.8, 4) is 0 Å². The van der Waals surface area contributed by atoms with Crippen LogP contribution in [-0.4, -0.2) is 6.21 Å². The maximum Gasteiger partial charge on any atom is 0.0580 e. The molecule has 0 bridgehead atoms. The summed E-state index contributed by atoms with van der Waals surface area (Å²) in [6.07, 6.45) is 1.85. The van der Waals surface area contributed by atoms with Crippen LogP contribution in [-0.2, 0) is 6.54 Å². The molecule has 0 heterocycles. The topological polar surface area (TPSA) is 24.4 Å². The van der Waals surface area contributed by atoms with Crippen molar-refractivity contribution in [3.63, 3.8) is 0 Å². The SMILES string of the molecule is CC(C)c1ccc(C=NNCc2ccccc2)cc1. The summed E-state index contributed by atoms with van der Waals surface area (Å²) in [5.41, 5.74) is 6.76. The summed E-state index contributed by atoms with van der Waals surface area (Å²) < 4.78 is 0. The minimum atomic E-state index is 0.571. The molecule has 19 heavy (non-hydrogen) atoms. The Morgan fingerprint density at radius 2 is 1.68 bits per heavy atom. The van der Waals surface area contributed by atoms with Crippen LogP contribution in [0.25, 0.3) is 0 Å². The summed E-state index contributed by atoms with van der Waals surface area (Å²) in [7, 11) is 0. The van der Waals surface area contributed by atoms with Gasteiger partial charge in [0.05, 0.1) is 12.8 Å². The van der Waals surface area contributed by atoms with Gasteiger partial charge in [-0.1, -0.05) is 68.4 Å². The average molecular weight is 252 g/mol. The number of hydrogen-bond donors (Lipinski definition) is 1. The fourth-order valence-electron chi connectivity index (χ4n) is 1.82. The Hall–Kier alpha value is -2.09. The van der Waals surface area contributed by atoms with Gasteiger partial charge >= 0.3 is 0 Å². The van der Waals surface area contributed by atoms with Crippen molar-refractivity contribution in [1.29, 1.82) is 0 Å². The average Bonchev–Trinajstić information content (AvgIpc) is 2.45. The molecule has 2 heteroatoms. The Morgan fingerprint density at radius 1 is 1.00 bits per heavy atom. The molecule has 2 aromatic carbocycles. The van der Waals surface area contributed by atoms with E-state index in [1.54, 1.807) is 0 Å². The molecule has 0 aliphatic heterocycles. The molecule has 0 aromatic heterocycles. The maximum atomic E-state index is 4.24. The van der Waals surface area contributed by atoms with Crippen LogP contribution >= 0.6 is 0 Å². The lowest BCUT2D eigenvalue weighted by atomic mass is 10.0. The van der Waals surface area contributed by atoms with Gasteiger partial charge in [0.25, 0.3) is 0 Å². The fraction of sp³-hybridized carbons (Fsp3) is 0.235. The Kier molecular flexibility index (Phi) is 4.73. The highest BCUT2D eigenvalue weighted by Gasteiger charge is 1.97. The van der Waals surface area contributed by atoms with Gasteiger partial charge in [0, 0.05) is 0 Å². The van der Waals surface area contributed by atoms with Gasteiger partial charge in [-0.3, -0.25) is 0 Å². The van der Waals surface area contributed by atoms with Crippen LogP contribution in [0.15, 0.2) is 59.7 Å². The summed E-state index contributed by atoms with van der Waals surface area (Å²) in [5, 5.41) is 4.24. The molecule has 2 rings (SSSR count). The number of nitrogens with one attached hydrogen (secondary N) is 1. The third-order valence-corrected chi connectivity index (χ3v) is 3.03. The van der Waals surface area contributed by atoms with Crippen molar-refractivity contribution in [2.75, 3.05) is 0 Å². The predicted octanol–water partition coefficient (Wildman–Crippen LogP) is 3.93. The van der Waals surface area contributed by atoms with Gasteiger partial charge in [-0.15, -0.1) is 0 Å². The van der Waals surface area contributed by atoms with Gasteiger partial charge < -0.3 is 5.43 Å². The molecule has 0 aliphatic carbocycles. The molecule has 98 valence electrons. The molecule has 0 amide bonds. The van der Waals surface area contributed by atoms with E-state index in [9.17, 15) is 0 Å². The van der Waals surface area contributed by atoms with Crippen LogP contribution in [0.3, 0.4) is 0 Å². The first-order valence-corrected chi connectivity index (χ1v) is 6.65. The van der Waals surface area contributed by atoms with Crippen LogP contribution in [0.4, 0.5) is 0 Å². The van der Waals surface area contributed by atoms with Crippen molar-refractivity contribution in [2.45, 2.75) is 26.3 Å². The van der Waals surface area contributed by atoms with Crippen LogP contribution in [0.1, 0.15) is 36.5 Å². The predicted molar refractivity (Wildman–Crippen MR) is 81.4 cm³/mol. The van der Waals surface area contributed by atoms with Crippen molar-refractivity contribution in [3.05, 3.63) is 71.3 Å². The van der Waals surface area contributed by atoms with Crippen molar-refractivity contribution < 1.29 is 0 Å². The van der Waals surface area contributed by atoms with E-state index in [1.165, 1.54) is 11.1 Å². The maximum absolute atomic E-state index is 4.24. The highest BCUT2D eigenvalue weighted by molar-refractivity contribution is 5.79. The summed E-state index contributed by atoms with van der Waals surface area (Å²) in [6, 6.07) is 18.8. The molecule has 2 aromatic rings. The van der Waals surface area contributed by atoms with Gasteiger partial charge in [0.15, 0.2) is 0 Å². The molecule has 0 aliphatic rings. The summed E-state index contributed by atoms with van der Waals surface area (Å²) in [6.45, 7) is 5.15. The highest BCUT2D eigenvalue weighted by atomic mass is 15.3. The summed E-state index contributed by atoms with van der Waals surface area (Å²) in [4.78, 5) is 0. The zero-order chi connectivity index (χ0) is 13.5. The largest absolute Gasteiger partial charge is 0.306 e. The lowest BCUT2D eigenvalue weighted by Crippen LogP contribution is -2.05. The Morgan fingerprint density at radius 3 is 2.32 bits per heavy atom. The van der Waals surface area contributed by atoms with E-state index in [0.29, 0.717) is 5.92 Å². The summed E-state index contributed by atoms with van der Waals surface area (Å²) >= 11 is 0. The lowest BCUT2D eigenvalue weighted by molar-refractivity contribution is 0.748. The molecule has 2 nitrogen and oxygen atoms in total. The first kappa shape index (κ1) is 13.3. The van der Waals surface area contributed by atoms with Gasteiger partial charge in [-0.2, -0.15) is 5.10 Å². The summed E-state index contributed by atoms with van der Waals surface area (Å²) in [5.74, 6) is 0.571. The van der Waals surface area contributed by atoms with Crippen molar-refractivity contribution in [2.24, 2.45) is 5.10 Å². The van der Waals surface area contributed by atoms with Gasteiger partial charge in [-0.05, 0) is 22.6 Å². The van der Waals surface area contributed by atoms with Crippen LogP contribution in [0, 0.1) is 0 Å². The van der Waals surface area contributed by atoms with E-state index in [4.69, 9.17) is 0 Å². The normalized spacial score (nSPS) is 11.1. The van der Waals surface area contributed by atoms with Crippen LogP contribution < -0.4 is 5.43 Å². The number of nitrogens with zero attached hydrogens (tertiary/aromatic N) is 1. The minimum absolute atomic E-state index is 0.571. The van der Waals surface area contributed by atoms with E-state index in [1.807, 2.05) is 24.4 Å². The number of benzene rings is 2. The lowest BCUT2D eigenvalue weighted by Gasteiger charge is -2.04. The smallest absolute Gasteiger partial charge is 0.0580 e. The van der Waals surface area contributed by atoms with Crippen LogP contribution in [0.5, 0.6) is 0 Å². The molecule has 0 saturated carbocycles. The molecule has 0 atom stereocenters. The standard InChI is InChI=1S/C17H20N2/c1-14(2)17-10-8-16(9-11-17)13-19-18-12-15-6-4-3-5-7-15/h3-11,13-14,18H,12H2,1-2H3. The molecular formula is C17H20N2. The van der Waals surface area contributed by atoms with E-state index >= 15 is 0 Å². The second kappa shape index (κ2) is 6.74. The fourth-order valence-corrected chi connectivity index (χ4v) is 1.82. The van der Waals surface area contributed by atoms with Crippen LogP contribution in [0.2, 0.25) is 0 Å². The Balaban J connectivity index is 1.85. The molecular weight excluding hydrogens is 232 g/mol. The van der Waals surface area contributed by atoms with E-state index in [2.05, 4.69) is 60.8 Å². The number of hydrazone groups is 1. The van der Waals surface area contributed by atoms with E-state index in [0.717, 1.165) is 12.1 Å². The number of rotatable bonds is 5. The van der Waals surface area contributed by atoms with E-state index < -0.39 is 0 Å². The Bertz CT molecular complexity index is 513. The van der Waals surface area contributed by atoms with E-state index in [-0.39, 0.29) is 0 Å². The molecule has 0 radical (unpaired) electrons. The van der Waals surface area contributed by atoms with Crippen molar-refractivity contribution in [1.82, 2.24) is 5.43 Å². The van der Waals surface area contributed by atoms with Gasteiger partial charge in [0.2, 0.25) is 0 Å². The molecule has 1 N–H and O–H groups in total. The second-order valence-electron chi connectivity index (χ2n) is 4.90.